The van der Waals surface area contributed by atoms with Crippen molar-refractivity contribution in [3.05, 3.63) is 53.6 Å². The predicted octanol–water partition coefficient (Wildman–Crippen LogP) is 2.07. The predicted molar refractivity (Wildman–Crippen MR) is 79.6 cm³/mol. The van der Waals surface area contributed by atoms with Crippen LogP contribution in [0.3, 0.4) is 0 Å². The molecule has 1 aliphatic rings. The Kier molecular flexibility index (Phi) is 3.50. The number of ether oxygens (including phenoxy) is 2. The Morgan fingerprint density at radius 3 is 2.86 bits per heavy atom. The molecule has 1 heterocycles. The van der Waals surface area contributed by atoms with Crippen molar-refractivity contribution in [2.45, 2.75) is 6.04 Å². The molecule has 0 aliphatic carbocycles. The van der Waals surface area contributed by atoms with Gasteiger partial charge in [-0.3, -0.25) is 4.79 Å². The number of hydrogen-bond acceptors (Lipinski definition) is 4. The summed E-state index contributed by atoms with van der Waals surface area (Å²) >= 11 is 0. The van der Waals surface area contributed by atoms with Crippen LogP contribution in [0.25, 0.3) is 0 Å². The van der Waals surface area contributed by atoms with Crippen LogP contribution in [-0.4, -0.2) is 19.6 Å². The maximum absolute atomic E-state index is 11.4. The van der Waals surface area contributed by atoms with Crippen LogP contribution in [0.2, 0.25) is 0 Å². The standard InChI is InChI=1S/C16H16N2O3/c1-20-12-4-2-3-10(7-12)16(17)11-5-6-14-13(8-11)18-15(19)9-21-14/h2-8,16H,9,17H2,1H3,(H,18,19). The Hall–Kier alpha value is -2.53. The summed E-state index contributed by atoms with van der Waals surface area (Å²) in [6, 6.07) is 12.9. The minimum absolute atomic E-state index is 0.0499. The van der Waals surface area contributed by atoms with Gasteiger partial charge in [0, 0.05) is 0 Å². The molecule has 0 spiro atoms. The first-order valence-corrected chi connectivity index (χ1v) is 6.63. The highest BCUT2D eigenvalue weighted by molar-refractivity contribution is 5.95. The number of methoxy groups -OCH3 is 1. The van der Waals surface area contributed by atoms with E-state index < -0.39 is 0 Å². The molecule has 0 fully saturated rings. The van der Waals surface area contributed by atoms with E-state index in [-0.39, 0.29) is 18.6 Å². The number of fused-ring (bicyclic) bond motifs is 1. The number of anilines is 1. The number of nitrogens with one attached hydrogen (secondary N) is 1. The van der Waals surface area contributed by atoms with E-state index in [1.807, 2.05) is 42.5 Å². The number of amides is 1. The first-order valence-electron chi connectivity index (χ1n) is 6.63. The Morgan fingerprint density at radius 1 is 1.24 bits per heavy atom. The smallest absolute Gasteiger partial charge is 0.262 e. The van der Waals surface area contributed by atoms with Gasteiger partial charge in [0.05, 0.1) is 18.8 Å². The second-order valence-electron chi connectivity index (χ2n) is 4.85. The summed E-state index contributed by atoms with van der Waals surface area (Å²) in [5.41, 5.74) is 8.79. The molecular formula is C16H16N2O3. The van der Waals surface area contributed by atoms with E-state index in [2.05, 4.69) is 5.32 Å². The van der Waals surface area contributed by atoms with Crippen molar-refractivity contribution >= 4 is 11.6 Å². The molecule has 2 aromatic rings. The van der Waals surface area contributed by atoms with Crippen LogP contribution in [0.4, 0.5) is 5.69 Å². The molecule has 1 unspecified atom stereocenters. The summed E-state index contributed by atoms with van der Waals surface area (Å²) in [7, 11) is 1.62. The van der Waals surface area contributed by atoms with Crippen molar-refractivity contribution in [3.8, 4) is 11.5 Å². The molecular weight excluding hydrogens is 268 g/mol. The second-order valence-corrected chi connectivity index (χ2v) is 4.85. The van der Waals surface area contributed by atoms with Crippen LogP contribution in [0.5, 0.6) is 11.5 Å². The molecule has 5 nitrogen and oxygen atoms in total. The largest absolute Gasteiger partial charge is 0.497 e. The topological polar surface area (TPSA) is 73.6 Å². The van der Waals surface area contributed by atoms with E-state index in [0.29, 0.717) is 11.4 Å². The molecule has 21 heavy (non-hydrogen) atoms. The fraction of sp³-hybridized carbons (Fsp3) is 0.188. The fourth-order valence-corrected chi connectivity index (χ4v) is 2.32. The van der Waals surface area contributed by atoms with Gasteiger partial charge in [0.2, 0.25) is 0 Å². The Bertz CT molecular complexity index is 685. The molecule has 0 bridgehead atoms. The van der Waals surface area contributed by atoms with Gasteiger partial charge in [0.15, 0.2) is 6.61 Å². The SMILES string of the molecule is COc1cccc(C(N)c2ccc3c(c2)NC(=O)CO3)c1. The van der Waals surface area contributed by atoms with Gasteiger partial charge < -0.3 is 20.5 Å². The van der Waals surface area contributed by atoms with Crippen LogP contribution in [0.1, 0.15) is 17.2 Å². The van der Waals surface area contributed by atoms with E-state index in [9.17, 15) is 4.79 Å². The molecule has 1 aliphatic heterocycles. The van der Waals surface area contributed by atoms with Crippen LogP contribution < -0.4 is 20.5 Å². The molecule has 0 saturated carbocycles. The molecule has 1 amide bonds. The van der Waals surface area contributed by atoms with Gasteiger partial charge in [-0.2, -0.15) is 0 Å². The summed E-state index contributed by atoms with van der Waals surface area (Å²) in [5, 5.41) is 2.78. The van der Waals surface area contributed by atoms with E-state index in [4.69, 9.17) is 15.2 Å². The van der Waals surface area contributed by atoms with Gasteiger partial charge in [-0.25, -0.2) is 0 Å². The van der Waals surface area contributed by atoms with Crippen molar-refractivity contribution < 1.29 is 14.3 Å². The summed E-state index contributed by atoms with van der Waals surface area (Å²) in [6.07, 6.45) is 0. The van der Waals surface area contributed by atoms with Crippen LogP contribution in [0.15, 0.2) is 42.5 Å². The molecule has 3 rings (SSSR count). The van der Waals surface area contributed by atoms with Gasteiger partial charge in [-0.05, 0) is 35.4 Å². The van der Waals surface area contributed by atoms with Crippen molar-refractivity contribution in [2.24, 2.45) is 5.73 Å². The number of carbonyl (C=O) groups excluding carboxylic acids is 1. The lowest BCUT2D eigenvalue weighted by atomic mass is 9.98. The highest BCUT2D eigenvalue weighted by Crippen LogP contribution is 2.32. The van der Waals surface area contributed by atoms with Crippen LogP contribution in [0, 0.1) is 0 Å². The van der Waals surface area contributed by atoms with Gasteiger partial charge in [0.25, 0.3) is 5.91 Å². The molecule has 0 saturated heterocycles. The maximum Gasteiger partial charge on any atom is 0.262 e. The Balaban J connectivity index is 1.92. The van der Waals surface area contributed by atoms with Gasteiger partial charge in [-0.15, -0.1) is 0 Å². The van der Waals surface area contributed by atoms with Crippen LogP contribution in [-0.2, 0) is 4.79 Å². The fourth-order valence-electron chi connectivity index (χ4n) is 2.32. The van der Waals surface area contributed by atoms with Crippen molar-refractivity contribution in [1.82, 2.24) is 0 Å². The highest BCUT2D eigenvalue weighted by atomic mass is 16.5. The van der Waals surface area contributed by atoms with E-state index >= 15 is 0 Å². The zero-order chi connectivity index (χ0) is 14.8. The third kappa shape index (κ3) is 2.68. The Morgan fingerprint density at radius 2 is 2.05 bits per heavy atom. The van der Waals surface area contributed by atoms with Crippen molar-refractivity contribution in [1.29, 1.82) is 0 Å². The summed E-state index contributed by atoms with van der Waals surface area (Å²) in [5.74, 6) is 1.27. The molecule has 5 heteroatoms. The monoisotopic (exact) mass is 284 g/mol. The van der Waals surface area contributed by atoms with E-state index in [0.717, 1.165) is 16.9 Å². The zero-order valence-corrected chi connectivity index (χ0v) is 11.6. The maximum atomic E-state index is 11.4. The molecule has 1 atom stereocenters. The van der Waals surface area contributed by atoms with Crippen molar-refractivity contribution in [3.63, 3.8) is 0 Å². The average molecular weight is 284 g/mol. The minimum Gasteiger partial charge on any atom is -0.497 e. The third-order valence-electron chi connectivity index (χ3n) is 3.45. The molecule has 0 radical (unpaired) electrons. The normalized spacial score (nSPS) is 14.7. The van der Waals surface area contributed by atoms with E-state index in [1.54, 1.807) is 7.11 Å². The number of carbonyl (C=O) groups is 1. The van der Waals surface area contributed by atoms with Crippen molar-refractivity contribution in [2.75, 3.05) is 19.0 Å². The first-order chi connectivity index (χ1) is 10.2. The van der Waals surface area contributed by atoms with Gasteiger partial charge in [0.1, 0.15) is 11.5 Å². The zero-order valence-electron chi connectivity index (χ0n) is 11.6. The molecule has 3 N–H and O–H groups in total. The molecule has 108 valence electrons. The highest BCUT2D eigenvalue weighted by Gasteiger charge is 2.18. The lowest BCUT2D eigenvalue weighted by Crippen LogP contribution is -2.25. The van der Waals surface area contributed by atoms with Crippen LogP contribution >= 0.6 is 0 Å². The quantitative estimate of drug-likeness (QED) is 0.905. The summed E-state index contributed by atoms with van der Waals surface area (Å²) < 4.78 is 10.6. The average Bonchev–Trinajstić information content (AvgIpc) is 2.53. The first kappa shape index (κ1) is 13.5. The number of rotatable bonds is 3. The Labute approximate surface area is 122 Å². The summed E-state index contributed by atoms with van der Waals surface area (Å²) in [4.78, 5) is 11.4. The third-order valence-corrected chi connectivity index (χ3v) is 3.45. The van der Waals surface area contributed by atoms with Gasteiger partial charge >= 0.3 is 0 Å². The van der Waals surface area contributed by atoms with Gasteiger partial charge in [-0.1, -0.05) is 18.2 Å². The lowest BCUT2D eigenvalue weighted by Gasteiger charge is -2.20. The second kappa shape index (κ2) is 5.46. The minimum atomic E-state index is -0.302. The lowest BCUT2D eigenvalue weighted by molar-refractivity contribution is -0.118. The number of benzene rings is 2. The summed E-state index contributed by atoms with van der Waals surface area (Å²) in [6.45, 7) is 0.0499. The molecule has 2 aromatic carbocycles. The van der Waals surface area contributed by atoms with E-state index in [1.165, 1.54) is 0 Å². The number of nitrogens with two attached hydrogens (primary N) is 1. The molecule has 0 aromatic heterocycles. The number of hydrogen-bond donors (Lipinski definition) is 2.